The Morgan fingerprint density at radius 3 is 2.78 bits per heavy atom. The van der Waals surface area contributed by atoms with Crippen LogP contribution in [0.25, 0.3) is 11.1 Å². The Labute approximate surface area is 111 Å². The smallest absolute Gasteiger partial charge is 0.161 e. The first-order chi connectivity index (χ1) is 8.84. The molecule has 1 atom stereocenters. The van der Waals surface area contributed by atoms with Crippen molar-refractivity contribution in [2.45, 2.75) is 25.3 Å². The lowest BCUT2D eigenvalue weighted by atomic mass is 9.97. The first kappa shape index (κ1) is 11.8. The van der Waals surface area contributed by atoms with Crippen LogP contribution in [-0.2, 0) is 0 Å². The molecule has 18 heavy (non-hydrogen) atoms. The second-order valence-corrected chi connectivity index (χ2v) is 5.05. The number of rotatable bonds is 2. The van der Waals surface area contributed by atoms with E-state index in [0.29, 0.717) is 0 Å². The van der Waals surface area contributed by atoms with Crippen LogP contribution in [0.4, 0.5) is 0 Å². The molecule has 0 bridgehead atoms. The zero-order valence-corrected chi connectivity index (χ0v) is 10.8. The lowest BCUT2D eigenvalue weighted by Gasteiger charge is -2.21. The number of halogens is 1. The third kappa shape index (κ3) is 2.28. The van der Waals surface area contributed by atoms with E-state index in [9.17, 15) is 0 Å². The van der Waals surface area contributed by atoms with E-state index in [1.165, 1.54) is 12.8 Å². The summed E-state index contributed by atoms with van der Waals surface area (Å²) < 4.78 is 5.44. The van der Waals surface area contributed by atoms with E-state index < -0.39 is 0 Å². The van der Waals surface area contributed by atoms with Crippen molar-refractivity contribution in [1.82, 2.24) is 10.5 Å². The minimum atomic E-state index is 0.284. The number of aromatic nitrogens is 1. The van der Waals surface area contributed by atoms with E-state index in [2.05, 4.69) is 10.5 Å². The van der Waals surface area contributed by atoms with Crippen molar-refractivity contribution < 1.29 is 4.52 Å². The van der Waals surface area contributed by atoms with E-state index in [-0.39, 0.29) is 6.04 Å². The van der Waals surface area contributed by atoms with Gasteiger partial charge < -0.3 is 9.84 Å². The molecule has 3 rings (SSSR count). The van der Waals surface area contributed by atoms with Gasteiger partial charge in [-0.25, -0.2) is 0 Å². The summed E-state index contributed by atoms with van der Waals surface area (Å²) in [6, 6.07) is 8.07. The summed E-state index contributed by atoms with van der Waals surface area (Å²) in [7, 11) is 0. The molecule has 1 fully saturated rings. The molecule has 0 aliphatic carbocycles. The Morgan fingerprint density at radius 2 is 2.06 bits per heavy atom. The van der Waals surface area contributed by atoms with Crippen LogP contribution in [0.2, 0.25) is 5.02 Å². The third-order valence-electron chi connectivity index (χ3n) is 3.38. The molecular weight excluding hydrogens is 248 g/mol. The maximum absolute atomic E-state index is 5.91. The number of benzene rings is 1. The summed E-state index contributed by atoms with van der Waals surface area (Å²) in [4.78, 5) is 0. The fourth-order valence-electron chi connectivity index (χ4n) is 2.42. The van der Waals surface area contributed by atoms with Crippen LogP contribution < -0.4 is 5.32 Å². The van der Waals surface area contributed by atoms with Gasteiger partial charge in [0.1, 0.15) is 0 Å². The van der Waals surface area contributed by atoms with E-state index in [1.54, 1.807) is 6.20 Å². The minimum absolute atomic E-state index is 0.284. The zero-order chi connectivity index (χ0) is 12.4. The van der Waals surface area contributed by atoms with Gasteiger partial charge in [-0.2, -0.15) is 0 Å². The predicted octanol–water partition coefficient (Wildman–Crippen LogP) is 3.81. The van der Waals surface area contributed by atoms with Crippen LogP contribution in [0, 0.1) is 0 Å². The van der Waals surface area contributed by atoms with Gasteiger partial charge in [0.05, 0.1) is 12.2 Å². The predicted molar refractivity (Wildman–Crippen MR) is 71.5 cm³/mol. The van der Waals surface area contributed by atoms with Gasteiger partial charge in [0, 0.05) is 10.6 Å². The normalized spacial score (nSPS) is 19.9. The lowest BCUT2D eigenvalue weighted by Crippen LogP contribution is -2.26. The molecule has 2 heterocycles. The summed E-state index contributed by atoms with van der Waals surface area (Å²) in [5.74, 6) is 0.942. The molecule has 0 amide bonds. The van der Waals surface area contributed by atoms with Crippen molar-refractivity contribution in [2.24, 2.45) is 0 Å². The molecule has 1 saturated heterocycles. The summed E-state index contributed by atoms with van der Waals surface area (Å²) >= 11 is 5.91. The van der Waals surface area contributed by atoms with Gasteiger partial charge in [0.25, 0.3) is 0 Å². The van der Waals surface area contributed by atoms with Crippen molar-refractivity contribution in [2.75, 3.05) is 6.54 Å². The Hall–Kier alpha value is -1.32. The molecule has 2 aromatic rings. The topological polar surface area (TPSA) is 38.1 Å². The Kier molecular flexibility index (Phi) is 3.35. The van der Waals surface area contributed by atoms with Crippen LogP contribution in [0.15, 0.2) is 35.0 Å². The Morgan fingerprint density at radius 1 is 1.22 bits per heavy atom. The van der Waals surface area contributed by atoms with Crippen LogP contribution >= 0.6 is 11.6 Å². The summed E-state index contributed by atoms with van der Waals surface area (Å²) in [5.41, 5.74) is 2.16. The van der Waals surface area contributed by atoms with Crippen LogP contribution in [0.1, 0.15) is 31.1 Å². The number of hydrogen-bond donors (Lipinski definition) is 1. The summed E-state index contributed by atoms with van der Waals surface area (Å²) in [6.07, 6.45) is 5.37. The molecule has 1 aliphatic heterocycles. The van der Waals surface area contributed by atoms with E-state index in [0.717, 1.165) is 34.9 Å². The third-order valence-corrected chi connectivity index (χ3v) is 3.63. The van der Waals surface area contributed by atoms with Gasteiger partial charge in [0.2, 0.25) is 0 Å². The molecular formula is C14H15ClN2O. The standard InChI is InChI=1S/C14H15ClN2O/c15-11-6-4-10(5-7-11)12-9-17-18-14(12)13-3-1-2-8-16-13/h4-7,9,13,16H,1-3,8H2. The summed E-state index contributed by atoms with van der Waals surface area (Å²) in [5, 5.41) is 8.17. The van der Waals surface area contributed by atoms with Crippen molar-refractivity contribution in [3.05, 3.63) is 41.2 Å². The highest BCUT2D eigenvalue weighted by atomic mass is 35.5. The maximum atomic E-state index is 5.91. The molecule has 0 spiro atoms. The fourth-order valence-corrected chi connectivity index (χ4v) is 2.55. The molecule has 0 saturated carbocycles. The number of nitrogens with zero attached hydrogens (tertiary/aromatic N) is 1. The van der Waals surface area contributed by atoms with E-state index in [4.69, 9.17) is 16.1 Å². The van der Waals surface area contributed by atoms with Crippen LogP contribution in [0.5, 0.6) is 0 Å². The molecule has 3 nitrogen and oxygen atoms in total. The molecule has 1 unspecified atom stereocenters. The quantitative estimate of drug-likeness (QED) is 0.894. The van der Waals surface area contributed by atoms with Crippen molar-refractivity contribution in [1.29, 1.82) is 0 Å². The van der Waals surface area contributed by atoms with Gasteiger partial charge in [-0.1, -0.05) is 35.3 Å². The molecule has 1 aromatic carbocycles. The van der Waals surface area contributed by atoms with Crippen molar-refractivity contribution >= 4 is 11.6 Å². The maximum Gasteiger partial charge on any atom is 0.161 e. The molecule has 1 N–H and O–H groups in total. The SMILES string of the molecule is Clc1ccc(-c2cnoc2C2CCCCN2)cc1. The highest BCUT2D eigenvalue weighted by molar-refractivity contribution is 6.30. The van der Waals surface area contributed by atoms with Crippen LogP contribution in [0.3, 0.4) is 0 Å². The van der Waals surface area contributed by atoms with Gasteiger partial charge >= 0.3 is 0 Å². The summed E-state index contributed by atoms with van der Waals surface area (Å²) in [6.45, 7) is 1.05. The number of nitrogens with one attached hydrogen (secondary N) is 1. The molecule has 0 radical (unpaired) electrons. The second-order valence-electron chi connectivity index (χ2n) is 4.61. The lowest BCUT2D eigenvalue weighted by molar-refractivity contribution is 0.306. The highest BCUT2D eigenvalue weighted by Gasteiger charge is 2.22. The zero-order valence-electron chi connectivity index (χ0n) is 10.0. The molecule has 1 aliphatic rings. The number of piperidine rings is 1. The van der Waals surface area contributed by atoms with Gasteiger partial charge in [-0.3, -0.25) is 0 Å². The first-order valence-electron chi connectivity index (χ1n) is 6.28. The average Bonchev–Trinajstić information content (AvgIpc) is 2.90. The first-order valence-corrected chi connectivity index (χ1v) is 6.66. The molecule has 94 valence electrons. The van der Waals surface area contributed by atoms with Gasteiger partial charge in [0.15, 0.2) is 5.76 Å². The van der Waals surface area contributed by atoms with Gasteiger partial charge in [-0.15, -0.1) is 0 Å². The molecule has 4 heteroatoms. The average molecular weight is 263 g/mol. The van der Waals surface area contributed by atoms with E-state index >= 15 is 0 Å². The van der Waals surface area contributed by atoms with E-state index in [1.807, 2.05) is 24.3 Å². The minimum Gasteiger partial charge on any atom is -0.359 e. The van der Waals surface area contributed by atoms with Crippen molar-refractivity contribution in [3.63, 3.8) is 0 Å². The monoisotopic (exact) mass is 262 g/mol. The second kappa shape index (κ2) is 5.12. The Bertz CT molecular complexity index is 515. The Balaban J connectivity index is 1.93. The fraction of sp³-hybridized carbons (Fsp3) is 0.357. The van der Waals surface area contributed by atoms with Crippen molar-refractivity contribution in [3.8, 4) is 11.1 Å². The van der Waals surface area contributed by atoms with Crippen LogP contribution in [-0.4, -0.2) is 11.7 Å². The van der Waals surface area contributed by atoms with Gasteiger partial charge in [-0.05, 0) is 37.1 Å². The highest BCUT2D eigenvalue weighted by Crippen LogP contribution is 2.32. The number of hydrogen-bond acceptors (Lipinski definition) is 3. The molecule has 1 aromatic heterocycles. The largest absolute Gasteiger partial charge is 0.359 e.